The Hall–Kier alpha value is -1.15. The second kappa shape index (κ2) is 6.55. The third-order valence-corrected chi connectivity index (χ3v) is 3.14. The van der Waals surface area contributed by atoms with Crippen molar-refractivity contribution in [2.75, 3.05) is 20.1 Å². The van der Waals surface area contributed by atoms with Gasteiger partial charge in [-0.05, 0) is 51.1 Å². The SMILES string of the molecule is CCCCN(C)CC(=O)c1ccc(C)c(C)c1. The molecule has 0 atom stereocenters. The summed E-state index contributed by atoms with van der Waals surface area (Å²) in [5, 5.41) is 0. The second-order valence-corrected chi connectivity index (χ2v) is 4.81. The molecule has 0 radical (unpaired) electrons. The average Bonchev–Trinajstić information content (AvgIpc) is 2.30. The number of hydrogen-bond donors (Lipinski definition) is 0. The van der Waals surface area contributed by atoms with Gasteiger partial charge < -0.3 is 0 Å². The lowest BCUT2D eigenvalue weighted by molar-refractivity contribution is 0.0945. The molecule has 0 bridgehead atoms. The van der Waals surface area contributed by atoms with E-state index in [9.17, 15) is 4.79 Å². The van der Waals surface area contributed by atoms with Crippen molar-refractivity contribution in [1.29, 1.82) is 0 Å². The van der Waals surface area contributed by atoms with Crippen molar-refractivity contribution in [3.63, 3.8) is 0 Å². The average molecular weight is 233 g/mol. The summed E-state index contributed by atoms with van der Waals surface area (Å²) in [6, 6.07) is 5.94. The molecule has 0 unspecified atom stereocenters. The van der Waals surface area contributed by atoms with Crippen LogP contribution in [0.25, 0.3) is 0 Å². The highest BCUT2D eigenvalue weighted by Crippen LogP contribution is 2.10. The minimum Gasteiger partial charge on any atom is -0.299 e. The van der Waals surface area contributed by atoms with E-state index in [1.54, 1.807) is 0 Å². The van der Waals surface area contributed by atoms with Crippen molar-refractivity contribution in [3.8, 4) is 0 Å². The first kappa shape index (κ1) is 13.9. The van der Waals surface area contributed by atoms with E-state index < -0.39 is 0 Å². The molecule has 0 saturated carbocycles. The van der Waals surface area contributed by atoms with Gasteiger partial charge in [0.25, 0.3) is 0 Å². The summed E-state index contributed by atoms with van der Waals surface area (Å²) in [4.78, 5) is 14.1. The molecule has 1 aromatic rings. The Morgan fingerprint density at radius 1 is 1.24 bits per heavy atom. The molecule has 0 heterocycles. The zero-order valence-electron chi connectivity index (χ0n) is 11.4. The van der Waals surface area contributed by atoms with Crippen LogP contribution in [-0.4, -0.2) is 30.8 Å². The molecule has 94 valence electrons. The first-order valence-electron chi connectivity index (χ1n) is 6.33. The van der Waals surface area contributed by atoms with Crippen LogP contribution < -0.4 is 0 Å². The molecule has 0 saturated heterocycles. The fourth-order valence-corrected chi connectivity index (χ4v) is 1.76. The van der Waals surface area contributed by atoms with Gasteiger partial charge in [0.05, 0.1) is 6.54 Å². The second-order valence-electron chi connectivity index (χ2n) is 4.81. The van der Waals surface area contributed by atoms with E-state index in [1.165, 1.54) is 17.5 Å². The monoisotopic (exact) mass is 233 g/mol. The van der Waals surface area contributed by atoms with E-state index in [4.69, 9.17) is 0 Å². The van der Waals surface area contributed by atoms with Crippen molar-refractivity contribution >= 4 is 5.78 Å². The molecule has 1 aromatic carbocycles. The van der Waals surface area contributed by atoms with Gasteiger partial charge in [0.2, 0.25) is 0 Å². The van der Waals surface area contributed by atoms with Gasteiger partial charge in [-0.2, -0.15) is 0 Å². The maximum Gasteiger partial charge on any atom is 0.176 e. The molecule has 0 spiro atoms. The summed E-state index contributed by atoms with van der Waals surface area (Å²) in [6.45, 7) is 7.79. The quantitative estimate of drug-likeness (QED) is 0.703. The predicted octanol–water partition coefficient (Wildman–Crippen LogP) is 3.22. The first-order chi connectivity index (χ1) is 8.04. The summed E-state index contributed by atoms with van der Waals surface area (Å²) >= 11 is 0. The molecule has 2 nitrogen and oxygen atoms in total. The highest BCUT2D eigenvalue weighted by Gasteiger charge is 2.09. The number of nitrogens with zero attached hydrogens (tertiary/aromatic N) is 1. The zero-order valence-corrected chi connectivity index (χ0v) is 11.4. The third-order valence-electron chi connectivity index (χ3n) is 3.14. The van der Waals surface area contributed by atoms with Crippen LogP contribution in [0.5, 0.6) is 0 Å². The standard InChI is InChI=1S/C15H23NO/c1-5-6-9-16(4)11-15(17)14-8-7-12(2)13(3)10-14/h7-8,10H,5-6,9,11H2,1-4H3. The van der Waals surface area contributed by atoms with Gasteiger partial charge in [-0.25, -0.2) is 0 Å². The highest BCUT2D eigenvalue weighted by atomic mass is 16.1. The Bertz CT molecular complexity index is 385. The number of rotatable bonds is 6. The van der Waals surface area contributed by atoms with E-state index in [1.807, 2.05) is 32.2 Å². The van der Waals surface area contributed by atoms with Crippen LogP contribution in [0.3, 0.4) is 0 Å². The summed E-state index contributed by atoms with van der Waals surface area (Å²) in [7, 11) is 2.01. The molecular formula is C15H23NO. The third kappa shape index (κ3) is 4.31. The van der Waals surface area contributed by atoms with Crippen LogP contribution in [0.15, 0.2) is 18.2 Å². The van der Waals surface area contributed by atoms with Crippen molar-refractivity contribution in [2.45, 2.75) is 33.6 Å². The Balaban J connectivity index is 2.60. The van der Waals surface area contributed by atoms with E-state index in [0.717, 1.165) is 18.5 Å². The van der Waals surface area contributed by atoms with Gasteiger partial charge in [0.1, 0.15) is 0 Å². The van der Waals surface area contributed by atoms with Gasteiger partial charge >= 0.3 is 0 Å². The van der Waals surface area contributed by atoms with Crippen molar-refractivity contribution in [1.82, 2.24) is 4.90 Å². The van der Waals surface area contributed by atoms with E-state index in [2.05, 4.69) is 18.7 Å². The van der Waals surface area contributed by atoms with Gasteiger partial charge in [-0.3, -0.25) is 9.69 Å². The van der Waals surface area contributed by atoms with Crippen molar-refractivity contribution in [3.05, 3.63) is 34.9 Å². The van der Waals surface area contributed by atoms with E-state index in [-0.39, 0.29) is 5.78 Å². The number of carbonyl (C=O) groups is 1. The molecule has 0 fully saturated rings. The van der Waals surface area contributed by atoms with Crippen molar-refractivity contribution in [2.24, 2.45) is 0 Å². The molecule has 0 N–H and O–H groups in total. The molecule has 0 amide bonds. The molecule has 0 aliphatic heterocycles. The normalized spacial score (nSPS) is 10.9. The van der Waals surface area contributed by atoms with Crippen LogP contribution in [0.1, 0.15) is 41.3 Å². The summed E-state index contributed by atoms with van der Waals surface area (Å²) in [6.07, 6.45) is 2.32. The maximum absolute atomic E-state index is 12.0. The number of ketones is 1. The van der Waals surface area contributed by atoms with E-state index >= 15 is 0 Å². The Labute approximate surface area is 105 Å². The Morgan fingerprint density at radius 2 is 1.94 bits per heavy atom. The summed E-state index contributed by atoms with van der Waals surface area (Å²) in [5.41, 5.74) is 3.25. The lowest BCUT2D eigenvalue weighted by Gasteiger charge is -2.15. The number of aryl methyl sites for hydroxylation is 2. The molecular weight excluding hydrogens is 210 g/mol. The number of hydrogen-bond acceptors (Lipinski definition) is 2. The predicted molar refractivity (Wildman–Crippen MR) is 72.7 cm³/mol. The molecule has 0 aliphatic carbocycles. The van der Waals surface area contributed by atoms with E-state index in [0.29, 0.717) is 6.54 Å². The first-order valence-corrected chi connectivity index (χ1v) is 6.33. The lowest BCUT2D eigenvalue weighted by Crippen LogP contribution is -2.27. The topological polar surface area (TPSA) is 20.3 Å². The fraction of sp³-hybridized carbons (Fsp3) is 0.533. The maximum atomic E-state index is 12.0. The van der Waals surface area contributed by atoms with Gasteiger partial charge in [0.15, 0.2) is 5.78 Å². The Kier molecular flexibility index (Phi) is 5.36. The highest BCUT2D eigenvalue weighted by molar-refractivity contribution is 5.97. The summed E-state index contributed by atoms with van der Waals surface area (Å²) in [5.74, 6) is 0.215. The Morgan fingerprint density at radius 3 is 2.53 bits per heavy atom. The number of likely N-dealkylation sites (N-methyl/N-ethyl adjacent to an activating group) is 1. The van der Waals surface area contributed by atoms with Crippen LogP contribution in [-0.2, 0) is 0 Å². The molecule has 0 aromatic heterocycles. The number of Topliss-reactive ketones (excluding diaryl/α,β-unsaturated/α-hetero) is 1. The molecule has 0 aliphatic rings. The van der Waals surface area contributed by atoms with Crippen LogP contribution in [0, 0.1) is 13.8 Å². The van der Waals surface area contributed by atoms with Gasteiger partial charge in [-0.15, -0.1) is 0 Å². The zero-order chi connectivity index (χ0) is 12.8. The number of carbonyl (C=O) groups excluding carboxylic acids is 1. The number of unbranched alkanes of at least 4 members (excludes halogenated alkanes) is 1. The minimum atomic E-state index is 0.215. The van der Waals surface area contributed by atoms with Crippen molar-refractivity contribution < 1.29 is 4.79 Å². The fourth-order valence-electron chi connectivity index (χ4n) is 1.76. The van der Waals surface area contributed by atoms with Gasteiger partial charge in [0, 0.05) is 5.56 Å². The minimum absolute atomic E-state index is 0.215. The summed E-state index contributed by atoms with van der Waals surface area (Å²) < 4.78 is 0. The molecule has 1 rings (SSSR count). The number of benzene rings is 1. The largest absolute Gasteiger partial charge is 0.299 e. The van der Waals surface area contributed by atoms with Gasteiger partial charge in [-0.1, -0.05) is 25.5 Å². The smallest absolute Gasteiger partial charge is 0.176 e. The van der Waals surface area contributed by atoms with Crippen LogP contribution in [0.2, 0.25) is 0 Å². The van der Waals surface area contributed by atoms with Crippen LogP contribution in [0.4, 0.5) is 0 Å². The lowest BCUT2D eigenvalue weighted by atomic mass is 10.0. The molecule has 17 heavy (non-hydrogen) atoms. The van der Waals surface area contributed by atoms with Crippen LogP contribution >= 0.6 is 0 Å². The molecule has 2 heteroatoms.